The molecular formula is C12H21BrN4O2. The van der Waals surface area contributed by atoms with Gasteiger partial charge in [0.15, 0.2) is 0 Å². The van der Waals surface area contributed by atoms with Crippen molar-refractivity contribution in [3.63, 3.8) is 0 Å². The van der Waals surface area contributed by atoms with Crippen LogP contribution in [0.1, 0.15) is 13.3 Å². The molecule has 0 amide bonds. The summed E-state index contributed by atoms with van der Waals surface area (Å²) in [6.45, 7) is 3.69. The fourth-order valence-corrected chi connectivity index (χ4v) is 2.29. The second kappa shape index (κ2) is 8.29. The lowest BCUT2D eigenvalue weighted by Gasteiger charge is -2.23. The van der Waals surface area contributed by atoms with E-state index in [2.05, 4.69) is 38.1 Å². The van der Waals surface area contributed by atoms with Crippen LogP contribution in [-0.2, 0) is 4.74 Å². The van der Waals surface area contributed by atoms with Crippen LogP contribution in [0.25, 0.3) is 0 Å². The Balaban J connectivity index is 2.76. The molecule has 0 aliphatic heterocycles. The van der Waals surface area contributed by atoms with E-state index in [4.69, 9.17) is 4.74 Å². The van der Waals surface area contributed by atoms with Gasteiger partial charge >= 0.3 is 0 Å². The van der Waals surface area contributed by atoms with Gasteiger partial charge in [0.2, 0.25) is 0 Å². The number of aliphatic hydroxyl groups excluding tert-OH is 1. The summed E-state index contributed by atoms with van der Waals surface area (Å²) in [4.78, 5) is 10.3. The minimum atomic E-state index is -0.552. The normalized spacial score (nSPS) is 12.3. The Morgan fingerprint density at radius 1 is 1.53 bits per heavy atom. The molecule has 108 valence electrons. The smallest absolute Gasteiger partial charge is 0.148 e. The van der Waals surface area contributed by atoms with Crippen molar-refractivity contribution in [2.75, 3.05) is 44.1 Å². The van der Waals surface area contributed by atoms with Crippen LogP contribution in [0.5, 0.6) is 0 Å². The third kappa shape index (κ3) is 4.93. The molecule has 1 rings (SSSR count). The molecule has 0 saturated heterocycles. The first kappa shape index (κ1) is 16.1. The Morgan fingerprint density at radius 3 is 2.89 bits per heavy atom. The molecule has 1 aromatic heterocycles. The third-order valence-electron chi connectivity index (χ3n) is 2.52. The highest BCUT2D eigenvalue weighted by Crippen LogP contribution is 2.28. The van der Waals surface area contributed by atoms with Gasteiger partial charge in [-0.1, -0.05) is 6.92 Å². The van der Waals surface area contributed by atoms with Gasteiger partial charge in [0.1, 0.15) is 22.4 Å². The lowest BCUT2D eigenvalue weighted by molar-refractivity contribution is 0.0694. The van der Waals surface area contributed by atoms with Gasteiger partial charge in [-0.05, 0) is 22.4 Å². The van der Waals surface area contributed by atoms with Crippen LogP contribution in [0.2, 0.25) is 0 Å². The topological polar surface area (TPSA) is 70.5 Å². The van der Waals surface area contributed by atoms with Crippen LogP contribution in [0.3, 0.4) is 0 Å². The average molecular weight is 333 g/mol. The van der Waals surface area contributed by atoms with Gasteiger partial charge in [-0.3, -0.25) is 0 Å². The number of aromatic nitrogens is 2. The van der Waals surface area contributed by atoms with Gasteiger partial charge in [0.05, 0.1) is 12.7 Å². The number of rotatable bonds is 8. The highest BCUT2D eigenvalue weighted by atomic mass is 79.9. The summed E-state index contributed by atoms with van der Waals surface area (Å²) in [5, 5.41) is 13.0. The zero-order valence-corrected chi connectivity index (χ0v) is 13.1. The minimum absolute atomic E-state index is 0.300. The number of anilines is 2. The van der Waals surface area contributed by atoms with Crippen molar-refractivity contribution in [1.29, 1.82) is 0 Å². The van der Waals surface area contributed by atoms with E-state index in [1.54, 1.807) is 7.11 Å². The van der Waals surface area contributed by atoms with Crippen LogP contribution in [-0.4, -0.2) is 55.0 Å². The number of hydrogen-bond acceptors (Lipinski definition) is 6. The molecule has 1 atom stereocenters. The first-order chi connectivity index (χ1) is 9.10. The lowest BCUT2D eigenvalue weighted by atomic mass is 10.3. The highest BCUT2D eigenvalue weighted by Gasteiger charge is 2.15. The number of hydrogen-bond donors (Lipinski definition) is 2. The molecule has 1 aromatic rings. The van der Waals surface area contributed by atoms with E-state index in [1.807, 2.05) is 11.9 Å². The third-order valence-corrected chi connectivity index (χ3v) is 3.25. The SMILES string of the molecule is CCCNc1ncnc(N(C)CC(O)COC)c1Br. The van der Waals surface area contributed by atoms with Gasteiger partial charge < -0.3 is 20.1 Å². The first-order valence-corrected chi connectivity index (χ1v) is 7.01. The minimum Gasteiger partial charge on any atom is -0.389 e. The summed E-state index contributed by atoms with van der Waals surface area (Å²) in [7, 11) is 3.44. The highest BCUT2D eigenvalue weighted by molar-refractivity contribution is 9.10. The number of nitrogens with one attached hydrogen (secondary N) is 1. The van der Waals surface area contributed by atoms with E-state index in [1.165, 1.54) is 6.33 Å². The molecule has 0 bridgehead atoms. The van der Waals surface area contributed by atoms with E-state index in [-0.39, 0.29) is 0 Å². The molecule has 0 spiro atoms. The number of nitrogens with zero attached hydrogens (tertiary/aromatic N) is 3. The van der Waals surface area contributed by atoms with Crippen LogP contribution < -0.4 is 10.2 Å². The van der Waals surface area contributed by atoms with Gasteiger partial charge in [-0.15, -0.1) is 0 Å². The van der Waals surface area contributed by atoms with Gasteiger partial charge in [0.25, 0.3) is 0 Å². The van der Waals surface area contributed by atoms with Crippen molar-refractivity contribution in [2.45, 2.75) is 19.4 Å². The molecule has 0 saturated carbocycles. The Morgan fingerprint density at radius 2 is 2.26 bits per heavy atom. The largest absolute Gasteiger partial charge is 0.389 e. The number of halogens is 1. The number of methoxy groups -OCH3 is 1. The predicted molar refractivity (Wildman–Crippen MR) is 79.7 cm³/mol. The lowest BCUT2D eigenvalue weighted by Crippen LogP contribution is -2.32. The fourth-order valence-electron chi connectivity index (χ4n) is 1.64. The number of aliphatic hydroxyl groups is 1. The van der Waals surface area contributed by atoms with Crippen LogP contribution in [0.4, 0.5) is 11.6 Å². The molecule has 7 heteroatoms. The standard InChI is InChI=1S/C12H21BrN4O2/c1-4-5-14-11-10(13)12(16-8-15-11)17(2)6-9(18)7-19-3/h8-9,18H,4-7H2,1-3H3,(H,14,15,16). The molecule has 1 heterocycles. The van der Waals surface area contributed by atoms with E-state index < -0.39 is 6.10 Å². The second-order valence-electron chi connectivity index (χ2n) is 4.28. The summed E-state index contributed by atoms with van der Waals surface area (Å²) >= 11 is 3.50. The maximum atomic E-state index is 9.74. The van der Waals surface area contributed by atoms with Crippen molar-refractivity contribution in [1.82, 2.24) is 9.97 Å². The van der Waals surface area contributed by atoms with Crippen LogP contribution >= 0.6 is 15.9 Å². The van der Waals surface area contributed by atoms with Crippen LogP contribution in [0, 0.1) is 0 Å². The molecule has 6 nitrogen and oxygen atoms in total. The van der Waals surface area contributed by atoms with Crippen molar-refractivity contribution in [2.24, 2.45) is 0 Å². The van der Waals surface area contributed by atoms with Gasteiger partial charge in [-0.25, -0.2) is 9.97 Å². The van der Waals surface area contributed by atoms with E-state index >= 15 is 0 Å². The molecular weight excluding hydrogens is 312 g/mol. The number of ether oxygens (including phenoxy) is 1. The van der Waals surface area contributed by atoms with E-state index in [0.29, 0.717) is 13.2 Å². The Bertz CT molecular complexity index is 392. The van der Waals surface area contributed by atoms with Crippen molar-refractivity contribution in [3.8, 4) is 0 Å². The Hall–Kier alpha value is -0.920. The molecule has 1 unspecified atom stereocenters. The van der Waals surface area contributed by atoms with Crippen molar-refractivity contribution >= 4 is 27.6 Å². The average Bonchev–Trinajstić information content (AvgIpc) is 2.37. The molecule has 2 N–H and O–H groups in total. The quantitative estimate of drug-likeness (QED) is 0.751. The monoisotopic (exact) mass is 332 g/mol. The summed E-state index contributed by atoms with van der Waals surface area (Å²) in [5.74, 6) is 1.50. The van der Waals surface area contributed by atoms with Gasteiger partial charge in [-0.2, -0.15) is 0 Å². The zero-order chi connectivity index (χ0) is 14.3. The summed E-state index contributed by atoms with van der Waals surface area (Å²) in [5.41, 5.74) is 0. The van der Waals surface area contributed by atoms with Gasteiger partial charge in [0, 0.05) is 27.2 Å². The molecule has 0 radical (unpaired) electrons. The maximum absolute atomic E-state index is 9.74. The van der Waals surface area contributed by atoms with Crippen molar-refractivity contribution in [3.05, 3.63) is 10.8 Å². The van der Waals surface area contributed by atoms with E-state index in [9.17, 15) is 5.11 Å². The summed E-state index contributed by atoms with van der Waals surface area (Å²) < 4.78 is 5.72. The molecule has 0 aromatic carbocycles. The molecule has 0 aliphatic rings. The molecule has 0 fully saturated rings. The van der Waals surface area contributed by atoms with Crippen molar-refractivity contribution < 1.29 is 9.84 Å². The van der Waals surface area contributed by atoms with E-state index in [0.717, 1.165) is 29.1 Å². The molecule has 0 aliphatic carbocycles. The Kier molecular flexibility index (Phi) is 7.04. The number of likely N-dealkylation sites (N-methyl/N-ethyl adjacent to an activating group) is 1. The zero-order valence-electron chi connectivity index (χ0n) is 11.6. The maximum Gasteiger partial charge on any atom is 0.148 e. The second-order valence-corrected chi connectivity index (χ2v) is 5.07. The predicted octanol–water partition coefficient (Wildman–Crippen LogP) is 1.50. The first-order valence-electron chi connectivity index (χ1n) is 6.22. The Labute approximate surface area is 122 Å². The molecule has 19 heavy (non-hydrogen) atoms. The summed E-state index contributed by atoms with van der Waals surface area (Å²) in [6, 6.07) is 0. The fraction of sp³-hybridized carbons (Fsp3) is 0.667. The van der Waals surface area contributed by atoms with Crippen LogP contribution in [0.15, 0.2) is 10.8 Å². The summed E-state index contributed by atoms with van der Waals surface area (Å²) in [6.07, 6.45) is 1.98.